The molecular formula is C26H32BrFO7. The third kappa shape index (κ3) is 3.36. The molecule has 0 saturated heterocycles. The van der Waals surface area contributed by atoms with Crippen LogP contribution in [0.4, 0.5) is 4.39 Å². The number of alkyl halides is 2. The molecule has 0 aromatic carbocycles. The lowest BCUT2D eigenvalue weighted by Gasteiger charge is -2.64. The van der Waals surface area contributed by atoms with E-state index >= 15 is 4.39 Å². The normalized spacial score (nSPS) is 46.1. The van der Waals surface area contributed by atoms with Crippen molar-refractivity contribution in [2.45, 2.75) is 76.1 Å². The Kier molecular flexibility index (Phi) is 6.24. The SMILES string of the molecule is CC(=O)OCC(=O)[C@@]1(OC(C)=O)C(C)C[C@H]2[C@@H]3CC(F)C4=CC(=O)C=C[C@]4(C)[C@@]3(Br)C(O)C[C@@]21C. The van der Waals surface area contributed by atoms with Crippen LogP contribution < -0.4 is 0 Å². The quantitative estimate of drug-likeness (QED) is 0.419. The molecule has 1 N–H and O–H groups in total. The maximum atomic E-state index is 15.7. The summed E-state index contributed by atoms with van der Waals surface area (Å²) in [5.74, 6) is -3.32. The number of fused-ring (bicyclic) bond motifs is 5. The van der Waals surface area contributed by atoms with E-state index in [2.05, 4.69) is 15.9 Å². The van der Waals surface area contributed by atoms with Crippen LogP contribution in [-0.4, -0.2) is 57.4 Å². The smallest absolute Gasteiger partial charge is 0.303 e. The molecule has 192 valence electrons. The number of Topliss-reactive ketones (excluding diaryl/α,β-unsaturated/α-hetero) is 1. The average molecular weight is 555 g/mol. The first kappa shape index (κ1) is 26.2. The van der Waals surface area contributed by atoms with E-state index in [1.807, 2.05) is 20.8 Å². The maximum Gasteiger partial charge on any atom is 0.303 e. The predicted octanol–water partition coefficient (Wildman–Crippen LogP) is 3.41. The number of allylic oxidation sites excluding steroid dienone is 4. The van der Waals surface area contributed by atoms with Gasteiger partial charge in [0.2, 0.25) is 5.78 Å². The fraction of sp³-hybridized carbons (Fsp3) is 0.692. The van der Waals surface area contributed by atoms with E-state index in [0.717, 1.165) is 0 Å². The molecule has 4 aliphatic rings. The molecule has 9 heteroatoms. The molecule has 4 aliphatic carbocycles. The maximum absolute atomic E-state index is 15.7. The van der Waals surface area contributed by atoms with Gasteiger partial charge in [0.25, 0.3) is 0 Å². The van der Waals surface area contributed by atoms with E-state index in [4.69, 9.17) is 9.47 Å². The largest absolute Gasteiger partial charge is 0.458 e. The van der Waals surface area contributed by atoms with Gasteiger partial charge in [-0.2, -0.15) is 0 Å². The van der Waals surface area contributed by atoms with Crippen LogP contribution in [0, 0.1) is 28.6 Å². The molecule has 7 nitrogen and oxygen atoms in total. The summed E-state index contributed by atoms with van der Waals surface area (Å²) in [4.78, 5) is 49.4. The number of rotatable bonds is 4. The number of hydrogen-bond donors (Lipinski definition) is 1. The Morgan fingerprint density at radius 2 is 1.83 bits per heavy atom. The summed E-state index contributed by atoms with van der Waals surface area (Å²) in [6.45, 7) is 7.30. The van der Waals surface area contributed by atoms with Gasteiger partial charge in [0.15, 0.2) is 18.0 Å². The van der Waals surface area contributed by atoms with E-state index < -0.39 is 69.2 Å². The van der Waals surface area contributed by atoms with E-state index in [-0.39, 0.29) is 24.5 Å². The number of hydrogen-bond acceptors (Lipinski definition) is 7. The van der Waals surface area contributed by atoms with Crippen LogP contribution >= 0.6 is 15.9 Å². The molecular weight excluding hydrogens is 523 g/mol. The average Bonchev–Trinajstić information content (AvgIpc) is 2.97. The van der Waals surface area contributed by atoms with Gasteiger partial charge >= 0.3 is 11.9 Å². The Balaban J connectivity index is 1.85. The minimum Gasteiger partial charge on any atom is -0.458 e. The van der Waals surface area contributed by atoms with Crippen molar-refractivity contribution in [2.75, 3.05) is 6.61 Å². The third-order valence-electron chi connectivity index (χ3n) is 9.29. The first-order chi connectivity index (χ1) is 16.1. The summed E-state index contributed by atoms with van der Waals surface area (Å²) in [5.41, 5.74) is -3.32. The highest BCUT2D eigenvalue weighted by molar-refractivity contribution is 9.10. The van der Waals surface area contributed by atoms with E-state index in [1.165, 1.54) is 26.0 Å². The molecule has 0 spiro atoms. The Labute approximate surface area is 212 Å². The number of esters is 2. The third-order valence-corrected chi connectivity index (χ3v) is 11.2. The number of carbonyl (C=O) groups is 4. The fourth-order valence-electron chi connectivity index (χ4n) is 7.89. The second-order valence-corrected chi connectivity index (χ2v) is 12.3. The molecule has 4 rings (SSSR count). The lowest BCUT2D eigenvalue weighted by atomic mass is 9.45. The minimum absolute atomic E-state index is 0.0477. The topological polar surface area (TPSA) is 107 Å². The number of halogens is 2. The van der Waals surface area contributed by atoms with Gasteiger partial charge in [0, 0.05) is 30.6 Å². The molecule has 3 unspecified atom stereocenters. The molecule has 0 radical (unpaired) electrons. The molecule has 3 saturated carbocycles. The molecule has 0 aromatic heterocycles. The van der Waals surface area contributed by atoms with Crippen LogP contribution in [0.2, 0.25) is 0 Å². The summed E-state index contributed by atoms with van der Waals surface area (Å²) >= 11 is 3.86. The van der Waals surface area contributed by atoms with Crippen molar-refractivity contribution in [1.29, 1.82) is 0 Å². The Hall–Kier alpha value is -1.87. The molecule has 9 atom stereocenters. The Bertz CT molecular complexity index is 1050. The van der Waals surface area contributed by atoms with Crippen LogP contribution in [0.25, 0.3) is 0 Å². The van der Waals surface area contributed by atoms with Gasteiger partial charge in [0.05, 0.1) is 10.4 Å². The van der Waals surface area contributed by atoms with Crippen molar-refractivity contribution in [3.05, 3.63) is 23.8 Å². The highest BCUT2D eigenvalue weighted by atomic mass is 79.9. The van der Waals surface area contributed by atoms with Crippen LogP contribution in [0.5, 0.6) is 0 Å². The van der Waals surface area contributed by atoms with Crippen molar-refractivity contribution in [1.82, 2.24) is 0 Å². The minimum atomic E-state index is -1.64. The predicted molar refractivity (Wildman–Crippen MR) is 127 cm³/mol. The second-order valence-electron chi connectivity index (χ2n) is 11.0. The summed E-state index contributed by atoms with van der Waals surface area (Å²) in [6, 6.07) is 0. The fourth-order valence-corrected chi connectivity index (χ4v) is 8.92. The molecule has 3 fully saturated rings. The Morgan fingerprint density at radius 1 is 1.17 bits per heavy atom. The van der Waals surface area contributed by atoms with Gasteiger partial charge in [-0.25, -0.2) is 4.39 Å². The van der Waals surface area contributed by atoms with Crippen molar-refractivity contribution >= 4 is 39.4 Å². The Morgan fingerprint density at radius 3 is 2.43 bits per heavy atom. The molecule has 0 heterocycles. The molecule has 0 bridgehead atoms. The van der Waals surface area contributed by atoms with Gasteiger partial charge in [-0.15, -0.1) is 0 Å². The molecule has 0 aromatic rings. The number of aliphatic hydroxyl groups is 1. The van der Waals surface area contributed by atoms with E-state index in [1.54, 1.807) is 6.08 Å². The summed E-state index contributed by atoms with van der Waals surface area (Å²) in [6.07, 6.45) is 2.53. The van der Waals surface area contributed by atoms with Crippen LogP contribution in [0.3, 0.4) is 0 Å². The summed E-state index contributed by atoms with van der Waals surface area (Å²) < 4.78 is 25.5. The van der Waals surface area contributed by atoms with Gasteiger partial charge < -0.3 is 14.6 Å². The van der Waals surface area contributed by atoms with Crippen molar-refractivity contribution in [3.63, 3.8) is 0 Å². The zero-order chi connectivity index (χ0) is 26.1. The highest BCUT2D eigenvalue weighted by Crippen LogP contribution is 2.72. The first-order valence-corrected chi connectivity index (χ1v) is 12.8. The monoisotopic (exact) mass is 554 g/mol. The number of aliphatic hydroxyl groups excluding tert-OH is 1. The zero-order valence-corrected chi connectivity index (χ0v) is 22.2. The number of ether oxygens (including phenoxy) is 2. The lowest BCUT2D eigenvalue weighted by Crippen LogP contribution is -2.70. The van der Waals surface area contributed by atoms with Crippen LogP contribution in [0.15, 0.2) is 23.8 Å². The van der Waals surface area contributed by atoms with Crippen molar-refractivity contribution < 1.29 is 38.1 Å². The summed E-state index contributed by atoms with van der Waals surface area (Å²) in [7, 11) is 0. The van der Waals surface area contributed by atoms with E-state index in [9.17, 15) is 24.3 Å². The lowest BCUT2D eigenvalue weighted by molar-refractivity contribution is -0.202. The van der Waals surface area contributed by atoms with Gasteiger partial charge in [-0.05, 0) is 48.8 Å². The number of carbonyl (C=O) groups excluding carboxylic acids is 4. The molecule has 0 aliphatic heterocycles. The summed E-state index contributed by atoms with van der Waals surface area (Å²) in [5, 5.41) is 11.7. The van der Waals surface area contributed by atoms with Gasteiger partial charge in [0.1, 0.15) is 6.17 Å². The van der Waals surface area contributed by atoms with E-state index in [0.29, 0.717) is 12.0 Å². The van der Waals surface area contributed by atoms with Crippen molar-refractivity contribution in [2.24, 2.45) is 28.6 Å². The molecule has 35 heavy (non-hydrogen) atoms. The standard InChI is InChI=1S/C26H32BrFO7/c1-13-8-17-18-10-20(28)19-9-16(31)6-7-23(19,4)25(18,27)21(32)11-24(17,5)26(13,35-15(3)30)22(33)12-34-14(2)29/h6-7,9,13,17-18,20-21,32H,8,10-12H2,1-5H3/t13?,17-,18-,20?,21?,23-,24-,25-,26-/m0/s1. The zero-order valence-electron chi connectivity index (χ0n) is 20.6. The molecule has 0 amide bonds. The number of ketones is 2. The van der Waals surface area contributed by atoms with Crippen molar-refractivity contribution in [3.8, 4) is 0 Å². The first-order valence-electron chi connectivity index (χ1n) is 12.0. The van der Waals surface area contributed by atoms with Gasteiger partial charge in [-0.3, -0.25) is 19.2 Å². The van der Waals surface area contributed by atoms with Crippen LogP contribution in [0.1, 0.15) is 53.9 Å². The second kappa shape index (κ2) is 8.33. The van der Waals surface area contributed by atoms with Gasteiger partial charge in [-0.1, -0.05) is 42.8 Å². The van der Waals surface area contributed by atoms with Crippen LogP contribution in [-0.2, 0) is 28.7 Å². The highest BCUT2D eigenvalue weighted by Gasteiger charge is 2.76.